The maximum absolute atomic E-state index is 10.4. The highest BCUT2D eigenvalue weighted by molar-refractivity contribution is 7.11. The lowest BCUT2D eigenvalue weighted by atomic mass is 9.94. The van der Waals surface area contributed by atoms with Crippen LogP contribution >= 0.6 is 11.3 Å². The van der Waals surface area contributed by atoms with Crippen molar-refractivity contribution in [2.24, 2.45) is 4.99 Å². The second-order valence-electron chi connectivity index (χ2n) is 5.25. The van der Waals surface area contributed by atoms with Crippen LogP contribution in [-0.4, -0.2) is 48.0 Å². The predicted octanol–water partition coefficient (Wildman–Crippen LogP) is 1.05. The lowest BCUT2D eigenvalue weighted by Crippen LogP contribution is -2.49. The molecule has 7 heteroatoms. The van der Waals surface area contributed by atoms with E-state index in [2.05, 4.69) is 20.6 Å². The van der Waals surface area contributed by atoms with Crippen LogP contribution < -0.4 is 10.6 Å². The summed E-state index contributed by atoms with van der Waals surface area (Å²) in [5.74, 6) is 0.713. The van der Waals surface area contributed by atoms with Gasteiger partial charge in [0, 0.05) is 50.2 Å². The smallest absolute Gasteiger partial charge is 0.191 e. The number of aliphatic hydroxyl groups is 1. The number of ether oxygens (including phenoxy) is 1. The Kier molecular flexibility index (Phi) is 5.96. The zero-order valence-electron chi connectivity index (χ0n) is 12.7. The Morgan fingerprint density at radius 2 is 2.24 bits per heavy atom. The second-order valence-corrected chi connectivity index (χ2v) is 6.57. The molecule has 1 aliphatic rings. The van der Waals surface area contributed by atoms with Gasteiger partial charge in [-0.15, -0.1) is 11.3 Å². The average Bonchev–Trinajstić information content (AvgIpc) is 2.88. The first-order valence-electron chi connectivity index (χ1n) is 7.35. The van der Waals surface area contributed by atoms with Crippen LogP contribution in [-0.2, 0) is 11.3 Å². The molecule has 0 aromatic carbocycles. The van der Waals surface area contributed by atoms with Crippen molar-refractivity contribution >= 4 is 17.3 Å². The molecule has 2 rings (SSSR count). The third-order valence-electron chi connectivity index (χ3n) is 3.39. The van der Waals surface area contributed by atoms with Crippen molar-refractivity contribution in [3.05, 3.63) is 16.1 Å². The van der Waals surface area contributed by atoms with Gasteiger partial charge < -0.3 is 20.5 Å². The van der Waals surface area contributed by atoms with Gasteiger partial charge in [0.15, 0.2) is 5.96 Å². The van der Waals surface area contributed by atoms with Gasteiger partial charge in [0.1, 0.15) is 5.01 Å². The number of aliphatic imine (C=N–C) groups is 1. The minimum atomic E-state index is -0.702. The molecule has 0 spiro atoms. The maximum Gasteiger partial charge on any atom is 0.191 e. The molecule has 0 aliphatic carbocycles. The van der Waals surface area contributed by atoms with Gasteiger partial charge >= 0.3 is 0 Å². The molecule has 0 saturated carbocycles. The number of hydrogen-bond acceptors (Lipinski definition) is 5. The van der Waals surface area contributed by atoms with Crippen molar-refractivity contribution < 1.29 is 9.84 Å². The summed E-state index contributed by atoms with van der Waals surface area (Å²) in [5, 5.41) is 17.8. The number of guanidine groups is 1. The van der Waals surface area contributed by atoms with Gasteiger partial charge in [0.25, 0.3) is 0 Å². The molecule has 6 nitrogen and oxygen atoms in total. The Hall–Kier alpha value is -1.18. The van der Waals surface area contributed by atoms with Crippen LogP contribution in [0.1, 0.15) is 29.7 Å². The Morgan fingerprint density at radius 1 is 1.48 bits per heavy atom. The normalized spacial score (nSPS) is 18.5. The first-order valence-corrected chi connectivity index (χ1v) is 8.16. The Bertz CT molecular complexity index is 469. The van der Waals surface area contributed by atoms with Crippen LogP contribution in [0, 0.1) is 6.92 Å². The molecule has 1 saturated heterocycles. The SMILES string of the molecule is CCNC(=NCc1ncc(C)s1)NCC1(O)CCOCC1. The lowest BCUT2D eigenvalue weighted by molar-refractivity contribution is -0.0594. The summed E-state index contributed by atoms with van der Waals surface area (Å²) in [4.78, 5) is 10.0. The van der Waals surface area contributed by atoms with Crippen molar-refractivity contribution in [1.82, 2.24) is 15.6 Å². The number of hydrogen-bond donors (Lipinski definition) is 3. The van der Waals surface area contributed by atoms with Crippen LogP contribution in [0.5, 0.6) is 0 Å². The van der Waals surface area contributed by atoms with Gasteiger partial charge in [-0.2, -0.15) is 0 Å². The molecule has 0 amide bonds. The molecule has 0 atom stereocenters. The minimum absolute atomic E-state index is 0.485. The summed E-state index contributed by atoms with van der Waals surface area (Å²) in [6, 6.07) is 0. The standard InChI is InChI=1S/C14H24N4O2S/c1-3-15-13(17-9-12-16-8-11(2)21-12)18-10-14(19)4-6-20-7-5-14/h8,19H,3-7,9-10H2,1-2H3,(H2,15,17,18). The Balaban J connectivity index is 1.88. The van der Waals surface area contributed by atoms with E-state index in [4.69, 9.17) is 4.74 Å². The molecule has 118 valence electrons. The second kappa shape index (κ2) is 7.72. The summed E-state index contributed by atoms with van der Waals surface area (Å²) < 4.78 is 5.29. The number of aromatic nitrogens is 1. The highest BCUT2D eigenvalue weighted by atomic mass is 32.1. The van der Waals surface area contributed by atoms with E-state index in [1.54, 1.807) is 11.3 Å². The lowest BCUT2D eigenvalue weighted by Gasteiger charge is -2.32. The molecule has 1 aromatic rings. The van der Waals surface area contributed by atoms with Crippen molar-refractivity contribution in [1.29, 1.82) is 0 Å². The highest BCUT2D eigenvalue weighted by Gasteiger charge is 2.29. The van der Waals surface area contributed by atoms with Gasteiger partial charge in [-0.25, -0.2) is 9.98 Å². The number of aryl methyl sites for hydroxylation is 1. The van der Waals surface area contributed by atoms with Crippen LogP contribution in [0.4, 0.5) is 0 Å². The van der Waals surface area contributed by atoms with Crippen molar-refractivity contribution in [2.45, 2.75) is 38.8 Å². The molecule has 1 aliphatic heterocycles. The largest absolute Gasteiger partial charge is 0.388 e. The fourth-order valence-corrected chi connectivity index (χ4v) is 2.85. The van der Waals surface area contributed by atoms with Gasteiger partial charge in [-0.1, -0.05) is 0 Å². The third kappa shape index (κ3) is 5.26. The minimum Gasteiger partial charge on any atom is -0.388 e. The first kappa shape index (κ1) is 16.2. The summed E-state index contributed by atoms with van der Waals surface area (Å²) >= 11 is 1.65. The molecular formula is C14H24N4O2S. The van der Waals surface area contributed by atoms with E-state index in [-0.39, 0.29) is 0 Å². The van der Waals surface area contributed by atoms with Gasteiger partial charge in [-0.05, 0) is 13.8 Å². The third-order valence-corrected chi connectivity index (χ3v) is 4.29. The Morgan fingerprint density at radius 3 is 2.86 bits per heavy atom. The van der Waals surface area contributed by atoms with E-state index < -0.39 is 5.60 Å². The summed E-state index contributed by atoms with van der Waals surface area (Å²) in [6.45, 7) is 7.11. The highest BCUT2D eigenvalue weighted by Crippen LogP contribution is 2.19. The molecule has 0 bridgehead atoms. The quantitative estimate of drug-likeness (QED) is 0.559. The van der Waals surface area contributed by atoms with Crippen molar-refractivity contribution in [3.63, 3.8) is 0 Å². The first-order chi connectivity index (χ1) is 10.1. The maximum atomic E-state index is 10.4. The van der Waals surface area contributed by atoms with Gasteiger partial charge in [-0.3, -0.25) is 0 Å². The molecule has 0 radical (unpaired) electrons. The van der Waals surface area contributed by atoms with E-state index >= 15 is 0 Å². The molecule has 1 fully saturated rings. The van der Waals surface area contributed by atoms with E-state index in [1.165, 1.54) is 4.88 Å². The van der Waals surface area contributed by atoms with Crippen LogP contribution in [0.2, 0.25) is 0 Å². The van der Waals surface area contributed by atoms with Crippen molar-refractivity contribution in [2.75, 3.05) is 26.3 Å². The van der Waals surface area contributed by atoms with E-state index in [0.29, 0.717) is 45.1 Å². The van der Waals surface area contributed by atoms with Crippen molar-refractivity contribution in [3.8, 4) is 0 Å². The number of rotatable bonds is 5. The van der Waals surface area contributed by atoms with Crippen LogP contribution in [0.15, 0.2) is 11.2 Å². The number of thiazole rings is 1. The Labute approximate surface area is 129 Å². The molecule has 2 heterocycles. The zero-order valence-corrected chi connectivity index (χ0v) is 13.5. The number of nitrogens with zero attached hydrogens (tertiary/aromatic N) is 2. The summed E-state index contributed by atoms with van der Waals surface area (Å²) in [7, 11) is 0. The van der Waals surface area contributed by atoms with E-state index in [9.17, 15) is 5.11 Å². The van der Waals surface area contributed by atoms with E-state index in [1.807, 2.05) is 20.0 Å². The van der Waals surface area contributed by atoms with Gasteiger partial charge in [0.2, 0.25) is 0 Å². The molecule has 3 N–H and O–H groups in total. The zero-order chi connectivity index (χ0) is 15.1. The fourth-order valence-electron chi connectivity index (χ4n) is 2.14. The van der Waals surface area contributed by atoms with E-state index in [0.717, 1.165) is 11.6 Å². The fraction of sp³-hybridized carbons (Fsp3) is 0.714. The molecule has 0 unspecified atom stereocenters. The molecule has 21 heavy (non-hydrogen) atoms. The monoisotopic (exact) mass is 312 g/mol. The predicted molar refractivity (Wildman–Crippen MR) is 84.7 cm³/mol. The topological polar surface area (TPSA) is 78.8 Å². The average molecular weight is 312 g/mol. The summed E-state index contributed by atoms with van der Waals surface area (Å²) in [5.41, 5.74) is -0.702. The molecule has 1 aromatic heterocycles. The molecular weight excluding hydrogens is 288 g/mol. The van der Waals surface area contributed by atoms with Crippen LogP contribution in [0.3, 0.4) is 0 Å². The van der Waals surface area contributed by atoms with Crippen LogP contribution in [0.25, 0.3) is 0 Å². The summed E-state index contributed by atoms with van der Waals surface area (Å²) in [6.07, 6.45) is 3.18. The van der Waals surface area contributed by atoms with Gasteiger partial charge in [0.05, 0.1) is 12.1 Å². The number of nitrogens with one attached hydrogen (secondary N) is 2.